The molecular weight excluding hydrogens is 267 g/mol. The summed E-state index contributed by atoms with van der Waals surface area (Å²) < 4.78 is 39.4. The van der Waals surface area contributed by atoms with Gasteiger partial charge in [0.25, 0.3) is 0 Å². The second kappa shape index (κ2) is 4.94. The first kappa shape index (κ1) is 13.2. The van der Waals surface area contributed by atoms with Crippen LogP contribution in [0.5, 0.6) is 0 Å². The molecule has 0 aliphatic carbocycles. The van der Waals surface area contributed by atoms with Crippen LogP contribution in [0.4, 0.5) is 18.9 Å². The molecule has 0 amide bonds. The van der Waals surface area contributed by atoms with Crippen molar-refractivity contribution in [3.63, 3.8) is 0 Å². The first-order chi connectivity index (χ1) is 9.54. The smallest absolute Gasteiger partial charge is 0.381 e. The van der Waals surface area contributed by atoms with Gasteiger partial charge in [-0.3, -0.25) is 4.98 Å². The summed E-state index contributed by atoms with van der Waals surface area (Å²) in [4.78, 5) is 3.86. The molecular formula is C14H14F3N3. The van der Waals surface area contributed by atoms with Crippen molar-refractivity contribution in [3.05, 3.63) is 36.0 Å². The lowest BCUT2D eigenvalue weighted by atomic mass is 10.1. The average molecular weight is 281 g/mol. The Balaban J connectivity index is 2.05. The second-order valence-electron chi connectivity index (χ2n) is 4.93. The van der Waals surface area contributed by atoms with E-state index in [9.17, 15) is 13.2 Å². The predicted octanol–water partition coefficient (Wildman–Crippen LogP) is 3.03. The van der Waals surface area contributed by atoms with Crippen molar-refractivity contribution >= 4 is 16.6 Å². The van der Waals surface area contributed by atoms with Gasteiger partial charge in [0.15, 0.2) is 0 Å². The predicted molar refractivity (Wildman–Crippen MR) is 71.6 cm³/mol. The van der Waals surface area contributed by atoms with Gasteiger partial charge >= 0.3 is 6.18 Å². The van der Waals surface area contributed by atoms with E-state index in [0.717, 1.165) is 25.6 Å². The Bertz CT molecular complexity index is 619. The fourth-order valence-electron chi connectivity index (χ4n) is 2.51. The molecule has 3 nitrogen and oxygen atoms in total. The van der Waals surface area contributed by atoms with Crippen LogP contribution >= 0.6 is 0 Å². The molecule has 2 heterocycles. The minimum absolute atomic E-state index is 0.00454. The lowest BCUT2D eigenvalue weighted by Gasteiger charge is -2.16. The van der Waals surface area contributed by atoms with E-state index in [1.165, 1.54) is 6.20 Å². The van der Waals surface area contributed by atoms with Crippen LogP contribution in [0.1, 0.15) is 12.0 Å². The number of alkyl halides is 3. The Morgan fingerprint density at radius 1 is 1.30 bits per heavy atom. The quantitative estimate of drug-likeness (QED) is 0.888. The molecule has 1 aliphatic rings. The van der Waals surface area contributed by atoms with Crippen molar-refractivity contribution in [2.24, 2.45) is 0 Å². The van der Waals surface area contributed by atoms with Crippen LogP contribution in [0.2, 0.25) is 0 Å². The van der Waals surface area contributed by atoms with E-state index in [1.54, 1.807) is 18.2 Å². The van der Waals surface area contributed by atoms with Gasteiger partial charge in [0, 0.05) is 29.9 Å². The Kier molecular flexibility index (Phi) is 3.25. The largest absolute Gasteiger partial charge is 0.418 e. The summed E-state index contributed by atoms with van der Waals surface area (Å²) in [5.41, 5.74) is -0.203. The highest BCUT2D eigenvalue weighted by molar-refractivity contribution is 5.86. The molecule has 1 atom stereocenters. The number of nitrogens with one attached hydrogen (secondary N) is 2. The van der Waals surface area contributed by atoms with E-state index in [4.69, 9.17) is 0 Å². The number of benzene rings is 1. The van der Waals surface area contributed by atoms with Crippen molar-refractivity contribution in [1.82, 2.24) is 10.3 Å². The molecule has 1 aromatic carbocycles. The molecule has 2 aromatic rings. The van der Waals surface area contributed by atoms with E-state index in [0.29, 0.717) is 11.1 Å². The fourth-order valence-corrected chi connectivity index (χ4v) is 2.51. The monoisotopic (exact) mass is 281 g/mol. The third-order valence-corrected chi connectivity index (χ3v) is 3.44. The van der Waals surface area contributed by atoms with Crippen LogP contribution in [0, 0.1) is 0 Å². The van der Waals surface area contributed by atoms with Crippen LogP contribution in [-0.2, 0) is 6.18 Å². The minimum atomic E-state index is -4.40. The molecule has 0 saturated carbocycles. The molecule has 2 N–H and O–H groups in total. The van der Waals surface area contributed by atoms with Crippen molar-refractivity contribution in [2.75, 3.05) is 18.4 Å². The number of pyridine rings is 1. The molecule has 20 heavy (non-hydrogen) atoms. The maximum Gasteiger partial charge on any atom is 0.418 e. The van der Waals surface area contributed by atoms with E-state index in [1.807, 2.05) is 0 Å². The van der Waals surface area contributed by atoms with Crippen molar-refractivity contribution in [3.8, 4) is 0 Å². The van der Waals surface area contributed by atoms with Crippen molar-refractivity contribution < 1.29 is 13.2 Å². The van der Waals surface area contributed by atoms with E-state index in [-0.39, 0.29) is 11.6 Å². The zero-order valence-corrected chi connectivity index (χ0v) is 10.7. The highest BCUT2D eigenvalue weighted by atomic mass is 19.4. The molecule has 0 unspecified atom stereocenters. The standard InChI is InChI=1S/C14H14F3N3/c15-14(16,17)12-7-11(20-10-3-5-18-8-10)6-9-2-1-4-19-13(9)12/h1-2,4,6-7,10,18,20H,3,5,8H2/t10-/m1/s1. The van der Waals surface area contributed by atoms with Gasteiger partial charge in [-0.15, -0.1) is 0 Å². The van der Waals surface area contributed by atoms with Gasteiger partial charge in [-0.1, -0.05) is 6.07 Å². The molecule has 0 bridgehead atoms. The van der Waals surface area contributed by atoms with E-state index < -0.39 is 11.7 Å². The van der Waals surface area contributed by atoms with Crippen LogP contribution in [0.15, 0.2) is 30.5 Å². The normalized spacial score (nSPS) is 19.4. The molecule has 6 heteroatoms. The summed E-state index contributed by atoms with van der Waals surface area (Å²) >= 11 is 0. The third kappa shape index (κ3) is 2.56. The summed E-state index contributed by atoms with van der Waals surface area (Å²) in [5.74, 6) is 0. The molecule has 0 radical (unpaired) electrons. The molecule has 1 fully saturated rings. The first-order valence-corrected chi connectivity index (χ1v) is 6.47. The average Bonchev–Trinajstić information content (AvgIpc) is 2.89. The highest BCUT2D eigenvalue weighted by Gasteiger charge is 2.34. The highest BCUT2D eigenvalue weighted by Crippen LogP contribution is 2.36. The molecule has 3 rings (SSSR count). The molecule has 0 spiro atoms. The number of rotatable bonds is 2. The van der Waals surface area contributed by atoms with Crippen LogP contribution in [0.25, 0.3) is 10.9 Å². The van der Waals surface area contributed by atoms with Crippen LogP contribution < -0.4 is 10.6 Å². The molecule has 1 saturated heterocycles. The van der Waals surface area contributed by atoms with E-state index in [2.05, 4.69) is 15.6 Å². The lowest BCUT2D eigenvalue weighted by molar-refractivity contribution is -0.136. The van der Waals surface area contributed by atoms with Gasteiger partial charge in [-0.05, 0) is 31.2 Å². The third-order valence-electron chi connectivity index (χ3n) is 3.44. The number of aromatic nitrogens is 1. The molecule has 1 aliphatic heterocycles. The molecule has 1 aromatic heterocycles. The maximum absolute atomic E-state index is 13.1. The van der Waals surface area contributed by atoms with Gasteiger partial charge < -0.3 is 10.6 Å². The summed E-state index contributed by atoms with van der Waals surface area (Å²) in [5, 5.41) is 6.83. The summed E-state index contributed by atoms with van der Waals surface area (Å²) in [7, 11) is 0. The summed E-state index contributed by atoms with van der Waals surface area (Å²) in [6, 6.07) is 6.33. The molecule has 106 valence electrons. The summed E-state index contributed by atoms with van der Waals surface area (Å²) in [6.07, 6.45) is -2.11. The SMILES string of the molecule is FC(F)(F)c1cc(N[C@@H]2CCNC2)cc2cccnc12. The number of nitrogens with zero attached hydrogens (tertiary/aromatic N) is 1. The van der Waals surface area contributed by atoms with Crippen LogP contribution in [-0.4, -0.2) is 24.1 Å². The Labute approximate surface area is 114 Å². The number of anilines is 1. The second-order valence-corrected chi connectivity index (χ2v) is 4.93. The van der Waals surface area contributed by atoms with Gasteiger partial charge in [-0.2, -0.15) is 13.2 Å². The number of hydrogen-bond acceptors (Lipinski definition) is 3. The topological polar surface area (TPSA) is 37.0 Å². The zero-order chi connectivity index (χ0) is 14.2. The first-order valence-electron chi connectivity index (χ1n) is 6.47. The maximum atomic E-state index is 13.1. The number of hydrogen-bond donors (Lipinski definition) is 2. The number of halogens is 3. The lowest BCUT2D eigenvalue weighted by Crippen LogP contribution is -2.22. The van der Waals surface area contributed by atoms with Gasteiger partial charge in [0.1, 0.15) is 0 Å². The van der Waals surface area contributed by atoms with Gasteiger partial charge in [0.2, 0.25) is 0 Å². The van der Waals surface area contributed by atoms with Gasteiger partial charge in [0.05, 0.1) is 11.1 Å². The van der Waals surface area contributed by atoms with Gasteiger partial charge in [-0.25, -0.2) is 0 Å². The Morgan fingerprint density at radius 3 is 2.85 bits per heavy atom. The van der Waals surface area contributed by atoms with Crippen molar-refractivity contribution in [2.45, 2.75) is 18.6 Å². The Morgan fingerprint density at radius 2 is 2.15 bits per heavy atom. The Hall–Kier alpha value is -1.82. The fraction of sp³-hybridized carbons (Fsp3) is 0.357. The van der Waals surface area contributed by atoms with Crippen molar-refractivity contribution in [1.29, 1.82) is 0 Å². The van der Waals surface area contributed by atoms with Crippen LogP contribution in [0.3, 0.4) is 0 Å². The minimum Gasteiger partial charge on any atom is -0.381 e. The zero-order valence-electron chi connectivity index (χ0n) is 10.7. The summed E-state index contributed by atoms with van der Waals surface area (Å²) in [6.45, 7) is 1.66. The number of fused-ring (bicyclic) bond motifs is 1. The van der Waals surface area contributed by atoms with E-state index >= 15 is 0 Å².